The number of hydrogen-bond donors (Lipinski definition) is 3. The van der Waals surface area contributed by atoms with Crippen LogP contribution in [0.4, 0.5) is 11.8 Å². The number of H-pyrrole nitrogens is 1. The minimum atomic E-state index is 0.570. The highest BCUT2D eigenvalue weighted by Crippen LogP contribution is 2.17. The van der Waals surface area contributed by atoms with Crippen molar-refractivity contribution in [2.75, 3.05) is 24.2 Å². The van der Waals surface area contributed by atoms with Crippen molar-refractivity contribution in [2.24, 2.45) is 0 Å². The summed E-state index contributed by atoms with van der Waals surface area (Å²) in [5, 5.41) is 6.04. The van der Waals surface area contributed by atoms with Gasteiger partial charge in [0.25, 0.3) is 0 Å². The molecule has 0 radical (unpaired) electrons. The van der Waals surface area contributed by atoms with Crippen molar-refractivity contribution in [1.82, 2.24) is 19.9 Å². The number of imidazole rings is 1. The molecule has 2 aromatic rings. The Balaban J connectivity index is 2.58. The Morgan fingerprint density at radius 3 is 3.00 bits per heavy atom. The van der Waals surface area contributed by atoms with E-state index in [1.807, 2.05) is 6.92 Å². The summed E-state index contributed by atoms with van der Waals surface area (Å²) in [4.78, 5) is 15.6. The zero-order valence-corrected chi connectivity index (χ0v) is 8.13. The lowest BCUT2D eigenvalue weighted by molar-refractivity contribution is 1.13. The number of anilines is 2. The molecule has 6 heteroatoms. The second-order valence-corrected chi connectivity index (χ2v) is 2.78. The molecule has 2 heterocycles. The van der Waals surface area contributed by atoms with Crippen LogP contribution < -0.4 is 10.6 Å². The number of nitrogens with one attached hydrogen (secondary N) is 3. The van der Waals surface area contributed by atoms with Crippen molar-refractivity contribution in [1.29, 1.82) is 0 Å². The fraction of sp³-hybridized carbons (Fsp3) is 0.375. The molecule has 0 saturated heterocycles. The largest absolute Gasteiger partial charge is 0.368 e. The summed E-state index contributed by atoms with van der Waals surface area (Å²) in [5.41, 5.74) is 1.51. The van der Waals surface area contributed by atoms with Gasteiger partial charge < -0.3 is 15.6 Å². The quantitative estimate of drug-likeness (QED) is 0.671. The molecule has 0 bridgehead atoms. The molecule has 6 nitrogen and oxygen atoms in total. The summed E-state index contributed by atoms with van der Waals surface area (Å²) in [5.74, 6) is 1.35. The fourth-order valence-electron chi connectivity index (χ4n) is 1.24. The molecule has 0 spiro atoms. The van der Waals surface area contributed by atoms with Gasteiger partial charge in [0.05, 0.1) is 6.33 Å². The molecule has 74 valence electrons. The highest BCUT2D eigenvalue weighted by molar-refractivity contribution is 5.83. The van der Waals surface area contributed by atoms with E-state index in [1.54, 1.807) is 13.4 Å². The van der Waals surface area contributed by atoms with Gasteiger partial charge in [-0.15, -0.1) is 0 Å². The molecule has 0 amide bonds. The van der Waals surface area contributed by atoms with Crippen LogP contribution in [0.15, 0.2) is 6.33 Å². The molecule has 0 saturated carbocycles. The van der Waals surface area contributed by atoms with Crippen molar-refractivity contribution in [3.05, 3.63) is 6.33 Å². The van der Waals surface area contributed by atoms with Crippen molar-refractivity contribution in [2.45, 2.75) is 6.92 Å². The first-order valence-corrected chi connectivity index (χ1v) is 4.48. The van der Waals surface area contributed by atoms with Crippen LogP contribution in [0, 0.1) is 0 Å². The number of nitrogens with zero attached hydrogens (tertiary/aromatic N) is 3. The van der Waals surface area contributed by atoms with Gasteiger partial charge in [0.1, 0.15) is 5.52 Å². The molecule has 3 N–H and O–H groups in total. The van der Waals surface area contributed by atoms with E-state index in [0.29, 0.717) is 11.6 Å². The lowest BCUT2D eigenvalue weighted by Gasteiger charge is -2.04. The number of aromatic amines is 1. The Morgan fingerprint density at radius 1 is 1.43 bits per heavy atom. The second-order valence-electron chi connectivity index (χ2n) is 2.78. The van der Waals surface area contributed by atoms with Crippen LogP contribution in [-0.2, 0) is 0 Å². The van der Waals surface area contributed by atoms with Gasteiger partial charge in [-0.25, -0.2) is 4.98 Å². The van der Waals surface area contributed by atoms with Crippen LogP contribution in [0.2, 0.25) is 0 Å². The summed E-state index contributed by atoms with van der Waals surface area (Å²) >= 11 is 0. The van der Waals surface area contributed by atoms with Crippen LogP contribution >= 0.6 is 0 Å². The van der Waals surface area contributed by atoms with Crippen molar-refractivity contribution in [3.8, 4) is 0 Å². The van der Waals surface area contributed by atoms with Crippen molar-refractivity contribution in [3.63, 3.8) is 0 Å². The molecule has 0 aliphatic carbocycles. The second kappa shape index (κ2) is 3.49. The predicted octanol–water partition coefficient (Wildman–Crippen LogP) is 0.826. The number of rotatable bonds is 3. The molecular weight excluding hydrogens is 180 g/mol. The van der Waals surface area contributed by atoms with Gasteiger partial charge in [-0.3, -0.25) is 0 Å². The molecule has 2 rings (SSSR count). The first kappa shape index (κ1) is 8.74. The maximum Gasteiger partial charge on any atom is 0.226 e. The maximum atomic E-state index is 4.28. The first-order valence-electron chi connectivity index (χ1n) is 4.48. The summed E-state index contributed by atoms with van der Waals surface area (Å²) in [6.45, 7) is 2.83. The predicted molar refractivity (Wildman–Crippen MR) is 55.4 cm³/mol. The highest BCUT2D eigenvalue weighted by Gasteiger charge is 2.07. The van der Waals surface area contributed by atoms with Crippen LogP contribution in [0.5, 0.6) is 0 Å². The smallest absolute Gasteiger partial charge is 0.226 e. The lowest BCUT2D eigenvalue weighted by Crippen LogP contribution is -2.04. The molecule has 0 atom stereocenters. The topological polar surface area (TPSA) is 78.5 Å². The van der Waals surface area contributed by atoms with Crippen LogP contribution in [0.1, 0.15) is 6.92 Å². The third-order valence-electron chi connectivity index (χ3n) is 1.85. The summed E-state index contributed by atoms with van der Waals surface area (Å²) < 4.78 is 0. The highest BCUT2D eigenvalue weighted by atomic mass is 15.2. The van der Waals surface area contributed by atoms with Gasteiger partial charge in [-0.05, 0) is 6.92 Å². The Morgan fingerprint density at radius 2 is 2.29 bits per heavy atom. The molecule has 14 heavy (non-hydrogen) atoms. The zero-order chi connectivity index (χ0) is 9.97. The van der Waals surface area contributed by atoms with Gasteiger partial charge in [0, 0.05) is 13.6 Å². The van der Waals surface area contributed by atoms with Gasteiger partial charge in [-0.2, -0.15) is 9.97 Å². The van der Waals surface area contributed by atoms with Crippen LogP contribution in [0.3, 0.4) is 0 Å². The van der Waals surface area contributed by atoms with Crippen LogP contribution in [-0.4, -0.2) is 33.5 Å². The minimum Gasteiger partial charge on any atom is -0.368 e. The number of hydrogen-bond acceptors (Lipinski definition) is 5. The first-order chi connectivity index (χ1) is 6.85. The third-order valence-corrected chi connectivity index (χ3v) is 1.85. The molecule has 0 aliphatic rings. The standard InChI is InChI=1S/C8H12N6/c1-3-10-6-5-7(12-4-11-5)14-8(9-2)13-6/h4H,3H2,1-2H3,(H3,9,10,11,12,13,14). The van der Waals surface area contributed by atoms with Crippen LogP contribution in [0.25, 0.3) is 11.2 Å². The Bertz CT molecular complexity index is 434. The van der Waals surface area contributed by atoms with Crippen molar-refractivity contribution >= 4 is 22.9 Å². The summed E-state index contributed by atoms with van der Waals surface area (Å²) in [6.07, 6.45) is 1.61. The SMILES string of the molecule is CCNc1nc(NC)nc2nc[nH]c12. The van der Waals surface area contributed by atoms with E-state index in [9.17, 15) is 0 Å². The van der Waals surface area contributed by atoms with Crippen molar-refractivity contribution < 1.29 is 0 Å². The third kappa shape index (κ3) is 1.34. The van der Waals surface area contributed by atoms with E-state index in [1.165, 1.54) is 0 Å². The maximum absolute atomic E-state index is 4.28. The van der Waals surface area contributed by atoms with E-state index in [-0.39, 0.29) is 0 Å². The number of fused-ring (bicyclic) bond motifs is 1. The summed E-state index contributed by atoms with van der Waals surface area (Å²) in [6, 6.07) is 0. The van der Waals surface area contributed by atoms with E-state index in [0.717, 1.165) is 17.9 Å². The fourth-order valence-corrected chi connectivity index (χ4v) is 1.24. The Kier molecular flexibility index (Phi) is 2.18. The van der Waals surface area contributed by atoms with E-state index in [4.69, 9.17) is 0 Å². The van der Waals surface area contributed by atoms with Gasteiger partial charge in [0.15, 0.2) is 11.5 Å². The van der Waals surface area contributed by atoms with Gasteiger partial charge >= 0.3 is 0 Å². The van der Waals surface area contributed by atoms with E-state index in [2.05, 4.69) is 30.6 Å². The monoisotopic (exact) mass is 192 g/mol. The molecule has 0 aliphatic heterocycles. The number of aromatic nitrogens is 4. The molecular formula is C8H12N6. The normalized spacial score (nSPS) is 10.4. The Hall–Kier alpha value is -1.85. The average molecular weight is 192 g/mol. The zero-order valence-electron chi connectivity index (χ0n) is 8.13. The Labute approximate surface area is 81.2 Å². The minimum absolute atomic E-state index is 0.570. The molecule has 0 aromatic carbocycles. The van der Waals surface area contributed by atoms with Gasteiger partial charge in [-0.1, -0.05) is 0 Å². The molecule has 0 fully saturated rings. The van der Waals surface area contributed by atoms with Gasteiger partial charge in [0.2, 0.25) is 5.95 Å². The van der Waals surface area contributed by atoms with E-state index >= 15 is 0 Å². The molecule has 0 unspecified atom stereocenters. The van der Waals surface area contributed by atoms with E-state index < -0.39 is 0 Å². The lowest BCUT2D eigenvalue weighted by atomic mass is 10.5. The molecule has 2 aromatic heterocycles. The average Bonchev–Trinajstić information content (AvgIpc) is 2.66. The summed E-state index contributed by atoms with van der Waals surface area (Å²) in [7, 11) is 1.78.